The fraction of sp³-hybridized carbons (Fsp3) is 0.250. The molecule has 9 nitrogen and oxygen atoms in total. The molecular weight excluding hydrogens is 420 g/mol. The van der Waals surface area contributed by atoms with Crippen LogP contribution in [0.15, 0.2) is 34.7 Å². The maximum atomic E-state index is 12.2. The van der Waals surface area contributed by atoms with Crippen LogP contribution in [0.4, 0.5) is 9.93 Å². The van der Waals surface area contributed by atoms with Gasteiger partial charge in [-0.05, 0) is 12.5 Å². The van der Waals surface area contributed by atoms with Gasteiger partial charge in [-0.1, -0.05) is 64.8 Å². The fourth-order valence-electron chi connectivity index (χ4n) is 1.95. The van der Waals surface area contributed by atoms with E-state index in [-0.39, 0.29) is 12.5 Å². The Morgan fingerprint density at radius 1 is 1.11 bits per heavy atom. The lowest BCUT2D eigenvalue weighted by Gasteiger charge is -2.01. The van der Waals surface area contributed by atoms with Crippen LogP contribution in [-0.4, -0.2) is 39.0 Å². The molecule has 12 heteroatoms. The molecule has 0 radical (unpaired) electrons. The lowest BCUT2D eigenvalue weighted by Crippen LogP contribution is -2.22. The van der Waals surface area contributed by atoms with Crippen molar-refractivity contribution in [3.05, 3.63) is 45.9 Å². The Morgan fingerprint density at radius 3 is 2.71 bits per heavy atom. The summed E-state index contributed by atoms with van der Waals surface area (Å²) in [6.45, 7) is 2.44. The zero-order valence-electron chi connectivity index (χ0n) is 14.7. The van der Waals surface area contributed by atoms with Crippen molar-refractivity contribution in [2.24, 2.45) is 0 Å². The van der Waals surface area contributed by atoms with Crippen LogP contribution in [0.25, 0.3) is 0 Å². The fourth-order valence-corrected chi connectivity index (χ4v) is 4.43. The van der Waals surface area contributed by atoms with Crippen LogP contribution in [0, 0.1) is 0 Å². The van der Waals surface area contributed by atoms with Crippen LogP contribution in [0.3, 0.4) is 0 Å². The number of rotatable bonds is 8. The Morgan fingerprint density at radius 2 is 1.93 bits per heavy atom. The molecule has 0 unspecified atom stereocenters. The van der Waals surface area contributed by atoms with Crippen molar-refractivity contribution in [2.45, 2.75) is 23.6 Å². The Balaban J connectivity index is 1.47. The molecule has 0 spiro atoms. The third kappa shape index (κ3) is 5.97. The molecule has 0 aliphatic carbocycles. The maximum absolute atomic E-state index is 12.2. The van der Waals surface area contributed by atoms with Gasteiger partial charge in [-0.15, -0.1) is 20.4 Å². The topological polar surface area (TPSA) is 119 Å². The number of nitrogens with one attached hydrogen (secondary N) is 2. The average Bonchev–Trinajstić information content (AvgIpc) is 3.35. The quantitative estimate of drug-likeness (QED) is 0.408. The summed E-state index contributed by atoms with van der Waals surface area (Å²) in [5.74, 6) is 0.243. The maximum Gasteiger partial charge on any atom is 0.413 e. The van der Waals surface area contributed by atoms with E-state index in [4.69, 9.17) is 4.74 Å². The molecule has 2 aromatic heterocycles. The molecule has 28 heavy (non-hydrogen) atoms. The predicted molar refractivity (Wildman–Crippen MR) is 108 cm³/mol. The van der Waals surface area contributed by atoms with E-state index < -0.39 is 6.09 Å². The molecule has 0 bridgehead atoms. The highest BCUT2D eigenvalue weighted by Crippen LogP contribution is 2.29. The molecule has 2 heterocycles. The van der Waals surface area contributed by atoms with Crippen LogP contribution >= 0.6 is 34.4 Å². The van der Waals surface area contributed by atoms with Crippen molar-refractivity contribution >= 4 is 51.6 Å². The number of carbonyl (C=O) groups is 2. The average molecular weight is 437 g/mol. The number of carbonyl (C=O) groups excluding carboxylic acids is 2. The summed E-state index contributed by atoms with van der Waals surface area (Å²) in [7, 11) is 0. The first kappa shape index (κ1) is 20.2. The first-order valence-electron chi connectivity index (χ1n) is 8.18. The largest absolute Gasteiger partial charge is 0.450 e. The van der Waals surface area contributed by atoms with Gasteiger partial charge in [0.1, 0.15) is 5.01 Å². The van der Waals surface area contributed by atoms with Crippen LogP contribution in [-0.2, 0) is 17.0 Å². The standard InChI is InChI=1S/C16H16N6O3S3/c1-2-25-15(24)18-14-21-22-16(28-14)26-9-11-19-20-13(27-11)12(23)17-8-10-6-4-3-5-7-10/h3-7H,2,8-9H2,1H3,(H,17,23)(H,18,21,24). The minimum atomic E-state index is -0.564. The Hall–Kier alpha value is -2.57. The number of aromatic nitrogens is 4. The lowest BCUT2D eigenvalue weighted by molar-refractivity contribution is 0.0949. The third-order valence-electron chi connectivity index (χ3n) is 3.17. The molecule has 0 atom stereocenters. The molecule has 3 rings (SSSR count). The molecule has 3 aromatic rings. The smallest absolute Gasteiger partial charge is 0.413 e. The molecule has 0 fully saturated rings. The highest BCUT2D eigenvalue weighted by molar-refractivity contribution is 8.00. The van der Waals surface area contributed by atoms with E-state index >= 15 is 0 Å². The Labute approximate surface area is 172 Å². The molecule has 0 aliphatic heterocycles. The summed E-state index contributed by atoms with van der Waals surface area (Å²) in [5.41, 5.74) is 1.01. The number of ether oxygens (including phenoxy) is 1. The summed E-state index contributed by atoms with van der Waals surface area (Å²) in [5, 5.41) is 22.5. The van der Waals surface area contributed by atoms with Crippen LogP contribution in [0.2, 0.25) is 0 Å². The van der Waals surface area contributed by atoms with Crippen LogP contribution in [0.5, 0.6) is 0 Å². The minimum absolute atomic E-state index is 0.255. The second-order valence-corrected chi connectivity index (χ2v) is 8.44. The minimum Gasteiger partial charge on any atom is -0.450 e. The number of anilines is 1. The van der Waals surface area contributed by atoms with Crippen molar-refractivity contribution in [2.75, 3.05) is 11.9 Å². The van der Waals surface area contributed by atoms with E-state index in [0.29, 0.717) is 31.8 Å². The van der Waals surface area contributed by atoms with Gasteiger partial charge in [0.05, 0.1) is 12.4 Å². The molecule has 0 aliphatic rings. The Kier molecular flexibility index (Phi) is 7.28. The van der Waals surface area contributed by atoms with E-state index in [1.807, 2.05) is 30.3 Å². The molecule has 2 N–H and O–H groups in total. The Bertz CT molecular complexity index is 931. The van der Waals surface area contributed by atoms with Gasteiger partial charge in [-0.2, -0.15) is 0 Å². The highest BCUT2D eigenvalue weighted by Gasteiger charge is 2.14. The van der Waals surface area contributed by atoms with Gasteiger partial charge in [-0.3, -0.25) is 10.1 Å². The number of hydrogen-bond acceptors (Lipinski definition) is 10. The van der Waals surface area contributed by atoms with Crippen molar-refractivity contribution < 1.29 is 14.3 Å². The van der Waals surface area contributed by atoms with E-state index in [9.17, 15) is 9.59 Å². The van der Waals surface area contributed by atoms with Gasteiger partial charge in [0.2, 0.25) is 10.1 Å². The zero-order valence-corrected chi connectivity index (χ0v) is 17.2. The SMILES string of the molecule is CCOC(=O)Nc1nnc(SCc2nnc(C(=O)NCc3ccccc3)s2)s1. The van der Waals surface area contributed by atoms with Gasteiger partial charge in [0.15, 0.2) is 4.34 Å². The van der Waals surface area contributed by atoms with Crippen molar-refractivity contribution in [3.8, 4) is 0 Å². The summed E-state index contributed by atoms with van der Waals surface area (Å²) in [4.78, 5) is 23.5. The van der Waals surface area contributed by atoms with Gasteiger partial charge in [0.25, 0.3) is 5.91 Å². The van der Waals surface area contributed by atoms with Gasteiger partial charge >= 0.3 is 6.09 Å². The van der Waals surface area contributed by atoms with Gasteiger partial charge < -0.3 is 10.1 Å². The monoisotopic (exact) mass is 436 g/mol. The zero-order chi connectivity index (χ0) is 19.8. The van der Waals surface area contributed by atoms with Gasteiger partial charge in [0, 0.05) is 6.54 Å². The molecule has 0 saturated carbocycles. The van der Waals surface area contributed by atoms with E-state index in [1.165, 1.54) is 34.4 Å². The summed E-state index contributed by atoms with van der Waals surface area (Å²) >= 11 is 3.86. The van der Waals surface area contributed by atoms with E-state index in [0.717, 1.165) is 5.56 Å². The van der Waals surface area contributed by atoms with Crippen molar-refractivity contribution in [3.63, 3.8) is 0 Å². The first-order valence-corrected chi connectivity index (χ1v) is 10.8. The summed E-state index contributed by atoms with van der Waals surface area (Å²) < 4.78 is 5.45. The van der Waals surface area contributed by atoms with Crippen molar-refractivity contribution in [1.82, 2.24) is 25.7 Å². The number of hydrogen-bond donors (Lipinski definition) is 2. The second-order valence-electron chi connectivity index (χ2n) is 5.18. The molecule has 0 saturated heterocycles. The number of benzene rings is 1. The number of thioether (sulfide) groups is 1. The highest BCUT2D eigenvalue weighted by atomic mass is 32.2. The molecule has 1 aromatic carbocycles. The molecule has 146 valence electrons. The molecular formula is C16H16N6O3S3. The number of nitrogens with zero attached hydrogens (tertiary/aromatic N) is 4. The van der Waals surface area contributed by atoms with E-state index in [1.54, 1.807) is 6.92 Å². The summed E-state index contributed by atoms with van der Waals surface area (Å²) in [6, 6.07) is 9.64. The predicted octanol–water partition coefficient (Wildman–Crippen LogP) is 3.18. The second kappa shape index (κ2) is 10.1. The van der Waals surface area contributed by atoms with E-state index in [2.05, 4.69) is 31.0 Å². The molecule has 2 amide bonds. The number of amides is 2. The third-order valence-corrected chi connectivity index (χ3v) is 6.25. The first-order chi connectivity index (χ1) is 13.6. The van der Waals surface area contributed by atoms with Crippen LogP contribution in [0.1, 0.15) is 27.3 Å². The van der Waals surface area contributed by atoms with Gasteiger partial charge in [-0.25, -0.2) is 4.79 Å². The normalized spacial score (nSPS) is 10.5. The summed E-state index contributed by atoms with van der Waals surface area (Å²) in [6.07, 6.45) is -0.564. The lowest BCUT2D eigenvalue weighted by atomic mass is 10.2. The van der Waals surface area contributed by atoms with Crippen molar-refractivity contribution in [1.29, 1.82) is 0 Å². The van der Waals surface area contributed by atoms with Crippen LogP contribution < -0.4 is 10.6 Å².